The van der Waals surface area contributed by atoms with Crippen molar-refractivity contribution in [3.63, 3.8) is 0 Å². The molecule has 0 atom stereocenters. The maximum absolute atomic E-state index is 5.47. The molecule has 4 radical (unpaired) electrons. The number of rotatable bonds is 5. The van der Waals surface area contributed by atoms with E-state index in [9.17, 15) is 0 Å². The fourth-order valence-corrected chi connectivity index (χ4v) is 1.54. The minimum absolute atomic E-state index is 0.444. The molecule has 0 bridgehead atoms. The highest BCUT2D eigenvalue weighted by molar-refractivity contribution is 6.62. The van der Waals surface area contributed by atoms with Crippen LogP contribution in [-0.2, 0) is 13.3 Å². The molecule has 0 aliphatic heterocycles. The summed E-state index contributed by atoms with van der Waals surface area (Å²) in [5.41, 5.74) is 0. The van der Waals surface area contributed by atoms with Gasteiger partial charge in [-0.2, -0.15) is 0 Å². The third kappa shape index (κ3) is 3.31. The van der Waals surface area contributed by atoms with Crippen molar-refractivity contribution in [1.82, 2.24) is 0 Å². The molecule has 0 aromatic heterocycles. The number of hydrogen-bond acceptors (Lipinski definition) is 3. The summed E-state index contributed by atoms with van der Waals surface area (Å²) in [6, 6.07) is 0. The van der Waals surface area contributed by atoms with Gasteiger partial charge in [0.2, 0.25) is 0 Å². The van der Waals surface area contributed by atoms with Gasteiger partial charge in [0.15, 0.2) is 0 Å². The Morgan fingerprint density at radius 1 is 1.20 bits per heavy atom. The van der Waals surface area contributed by atoms with Crippen LogP contribution in [0.25, 0.3) is 0 Å². The average molecular weight is 160 g/mol. The van der Waals surface area contributed by atoms with E-state index in [0.29, 0.717) is 13.2 Å². The second-order valence-electron chi connectivity index (χ2n) is 1.59. The Kier molecular flexibility index (Phi) is 4.89. The fourth-order valence-electron chi connectivity index (χ4n) is 0.512. The van der Waals surface area contributed by atoms with E-state index in [1.807, 2.05) is 0 Å². The first kappa shape index (κ1) is 10.1. The van der Waals surface area contributed by atoms with E-state index in [0.717, 1.165) is 0 Å². The Balaban J connectivity index is 3.69. The SMILES string of the molecule is [CH]O[Si]([CH])(OCC)OCC. The van der Waals surface area contributed by atoms with Gasteiger partial charge in [-0.3, -0.25) is 0 Å². The molecule has 0 aliphatic carbocycles. The molecule has 0 heterocycles. The zero-order valence-electron chi connectivity index (χ0n) is 6.29. The zero-order valence-corrected chi connectivity index (χ0v) is 7.29. The van der Waals surface area contributed by atoms with Crippen LogP contribution in [0.2, 0.25) is 0 Å². The molecule has 0 aromatic rings. The van der Waals surface area contributed by atoms with Crippen LogP contribution in [0.4, 0.5) is 0 Å². The largest absolute Gasteiger partial charge is 0.505 e. The first-order valence-electron chi connectivity index (χ1n) is 3.13. The second-order valence-corrected chi connectivity index (χ2v) is 3.61. The lowest BCUT2D eigenvalue weighted by Crippen LogP contribution is -2.41. The molecule has 0 saturated carbocycles. The highest BCUT2D eigenvalue weighted by Crippen LogP contribution is 2.05. The third-order valence-electron chi connectivity index (χ3n) is 0.855. The Morgan fingerprint density at radius 2 is 1.60 bits per heavy atom. The van der Waals surface area contributed by atoms with Crippen LogP contribution < -0.4 is 0 Å². The summed E-state index contributed by atoms with van der Waals surface area (Å²) in [7, 11) is 1.92. The lowest BCUT2D eigenvalue weighted by Gasteiger charge is -2.21. The highest BCUT2D eigenvalue weighted by Gasteiger charge is 2.32. The molecule has 0 unspecified atom stereocenters. The predicted molar refractivity (Wildman–Crippen MR) is 38.7 cm³/mol. The maximum Gasteiger partial charge on any atom is 0.505 e. The van der Waals surface area contributed by atoms with E-state index >= 15 is 0 Å². The second kappa shape index (κ2) is 4.84. The summed E-state index contributed by atoms with van der Waals surface area (Å²) in [6.07, 6.45) is 0. The lowest BCUT2D eigenvalue weighted by atomic mass is 10.9. The van der Waals surface area contributed by atoms with Crippen molar-refractivity contribution in [2.24, 2.45) is 0 Å². The number of hydrogen-bond donors (Lipinski definition) is 0. The van der Waals surface area contributed by atoms with Gasteiger partial charge in [-0.25, -0.2) is 0 Å². The maximum atomic E-state index is 5.47. The van der Waals surface area contributed by atoms with Crippen molar-refractivity contribution in [3.8, 4) is 0 Å². The van der Waals surface area contributed by atoms with Gasteiger partial charge in [-0.1, -0.05) is 0 Å². The van der Waals surface area contributed by atoms with Crippen LogP contribution in [-0.4, -0.2) is 22.0 Å². The molecule has 10 heavy (non-hydrogen) atoms. The first-order chi connectivity index (χ1) is 4.68. The quantitative estimate of drug-likeness (QED) is 0.560. The van der Waals surface area contributed by atoms with E-state index in [2.05, 4.69) is 4.43 Å². The smallest absolute Gasteiger partial charge is 0.374 e. The Hall–Kier alpha value is 0.0969. The third-order valence-corrected chi connectivity index (χ3v) is 2.57. The summed E-state index contributed by atoms with van der Waals surface area (Å²) in [5.74, 6) is 0. The van der Waals surface area contributed by atoms with Gasteiger partial charge in [-0.05, 0) is 13.8 Å². The van der Waals surface area contributed by atoms with Crippen LogP contribution in [0, 0.1) is 13.7 Å². The molecule has 0 spiro atoms. The highest BCUT2D eigenvalue weighted by atomic mass is 28.4. The molecule has 0 N–H and O–H groups in total. The fraction of sp³-hybridized carbons (Fsp3) is 0.667. The van der Waals surface area contributed by atoms with Gasteiger partial charge in [-0.15, -0.1) is 0 Å². The van der Waals surface area contributed by atoms with Crippen LogP contribution >= 0.6 is 0 Å². The van der Waals surface area contributed by atoms with E-state index in [4.69, 9.17) is 22.5 Å². The molecule has 4 heteroatoms. The van der Waals surface area contributed by atoms with Gasteiger partial charge in [0.1, 0.15) is 7.11 Å². The van der Waals surface area contributed by atoms with Crippen LogP contribution in [0.5, 0.6) is 0 Å². The van der Waals surface area contributed by atoms with Crippen molar-refractivity contribution in [1.29, 1.82) is 0 Å². The Labute approximate surface area is 63.7 Å². The van der Waals surface area contributed by atoms with Gasteiger partial charge < -0.3 is 13.3 Å². The summed E-state index contributed by atoms with van der Waals surface area (Å²) in [6.45, 7) is 9.95. The van der Waals surface area contributed by atoms with Gasteiger partial charge in [0.05, 0.1) is 0 Å². The molecule has 0 amide bonds. The average Bonchev–Trinajstić information content (AvgIpc) is 1.89. The summed E-state index contributed by atoms with van der Waals surface area (Å²) in [5, 5.41) is 0. The van der Waals surface area contributed by atoms with Gasteiger partial charge in [0, 0.05) is 19.8 Å². The molecule has 0 rings (SSSR count). The van der Waals surface area contributed by atoms with Crippen LogP contribution in [0.1, 0.15) is 13.8 Å². The minimum Gasteiger partial charge on any atom is -0.374 e. The van der Waals surface area contributed by atoms with Crippen molar-refractivity contribution in [2.75, 3.05) is 13.2 Å². The molecule has 0 aliphatic rings. The topological polar surface area (TPSA) is 27.7 Å². The van der Waals surface area contributed by atoms with Crippen LogP contribution in [0.3, 0.4) is 0 Å². The van der Waals surface area contributed by atoms with Crippen LogP contribution in [0.15, 0.2) is 0 Å². The Bertz CT molecular complexity index is 81.1. The molecule has 3 nitrogen and oxygen atoms in total. The predicted octanol–water partition coefficient (Wildman–Crippen LogP) is 0.934. The molecule has 0 aromatic carbocycles. The molecule has 0 saturated heterocycles. The standard InChI is InChI=1S/C6H12O3Si/c1-5-8-10(4,7-3)9-6-2/h3-4H,5-6H2,1-2H3. The summed E-state index contributed by atoms with van der Waals surface area (Å²) in [4.78, 5) is 0. The lowest BCUT2D eigenvalue weighted by molar-refractivity contribution is 0.111. The van der Waals surface area contributed by atoms with Crippen molar-refractivity contribution in [2.45, 2.75) is 13.8 Å². The Morgan fingerprint density at radius 3 is 1.80 bits per heavy atom. The van der Waals surface area contributed by atoms with E-state index in [-0.39, 0.29) is 0 Å². The van der Waals surface area contributed by atoms with Gasteiger partial charge >= 0.3 is 8.80 Å². The normalized spacial score (nSPS) is 12.0. The van der Waals surface area contributed by atoms with E-state index in [1.54, 1.807) is 13.8 Å². The summed E-state index contributed by atoms with van der Waals surface area (Å²) >= 11 is 0. The minimum atomic E-state index is -2.95. The molecule has 58 valence electrons. The van der Waals surface area contributed by atoms with E-state index < -0.39 is 8.80 Å². The summed E-state index contributed by atoms with van der Waals surface area (Å²) < 4.78 is 14.3. The molecule has 0 fully saturated rings. The first-order valence-corrected chi connectivity index (χ1v) is 4.93. The molecular formula is C6H12O3Si. The van der Waals surface area contributed by atoms with E-state index in [1.165, 1.54) is 0 Å². The van der Waals surface area contributed by atoms with Crippen molar-refractivity contribution in [3.05, 3.63) is 13.7 Å². The van der Waals surface area contributed by atoms with Crippen molar-refractivity contribution < 1.29 is 13.3 Å². The van der Waals surface area contributed by atoms with Crippen molar-refractivity contribution >= 4 is 8.80 Å². The van der Waals surface area contributed by atoms with Gasteiger partial charge in [0.25, 0.3) is 0 Å². The monoisotopic (exact) mass is 160 g/mol. The molecular weight excluding hydrogens is 148 g/mol. The zero-order chi connectivity index (χ0) is 8.04.